The molecule has 1 aromatic rings. The van der Waals surface area contributed by atoms with Crippen LogP contribution in [0.4, 0.5) is 5.69 Å². The summed E-state index contributed by atoms with van der Waals surface area (Å²) in [7, 11) is 0. The third-order valence-corrected chi connectivity index (χ3v) is 4.76. The topological polar surface area (TPSA) is 27.3 Å². The minimum absolute atomic E-state index is 0.696. The molecule has 0 aromatic heterocycles. The molecule has 2 heterocycles. The second-order valence-corrected chi connectivity index (χ2v) is 6.26. The summed E-state index contributed by atoms with van der Waals surface area (Å²) in [5.74, 6) is 0. The second kappa shape index (κ2) is 4.80. The first-order chi connectivity index (χ1) is 9.38. The van der Waals surface area contributed by atoms with E-state index in [2.05, 4.69) is 33.7 Å². The molecule has 1 aromatic carbocycles. The van der Waals surface area contributed by atoms with Crippen LogP contribution in [0.1, 0.15) is 30.4 Å². The first-order valence-corrected chi connectivity index (χ1v) is 7.71. The Morgan fingerprint density at radius 3 is 3.11 bits per heavy atom. The van der Waals surface area contributed by atoms with Gasteiger partial charge in [0.2, 0.25) is 0 Å². The Kier molecular flexibility index (Phi) is 2.97. The molecule has 3 nitrogen and oxygen atoms in total. The van der Waals surface area contributed by atoms with Crippen LogP contribution in [0, 0.1) is 0 Å². The van der Waals surface area contributed by atoms with Gasteiger partial charge in [0.25, 0.3) is 0 Å². The summed E-state index contributed by atoms with van der Waals surface area (Å²) in [6.45, 7) is 4.67. The van der Waals surface area contributed by atoms with Gasteiger partial charge >= 0.3 is 0 Å². The normalized spacial score (nSPS) is 26.4. The molecule has 1 atom stereocenters. The maximum Gasteiger partial charge on any atom is 0.0376 e. The number of anilines is 1. The van der Waals surface area contributed by atoms with Crippen molar-refractivity contribution in [2.24, 2.45) is 0 Å². The van der Waals surface area contributed by atoms with Gasteiger partial charge in [-0.15, -0.1) is 0 Å². The first-order valence-electron chi connectivity index (χ1n) is 7.71. The molecule has 1 saturated carbocycles. The predicted octanol–water partition coefficient (Wildman–Crippen LogP) is 1.98. The number of fused-ring (bicyclic) bond motifs is 1. The van der Waals surface area contributed by atoms with Gasteiger partial charge in [0.05, 0.1) is 0 Å². The molecule has 2 aliphatic heterocycles. The highest BCUT2D eigenvalue weighted by Crippen LogP contribution is 2.30. The van der Waals surface area contributed by atoms with Gasteiger partial charge in [-0.25, -0.2) is 0 Å². The van der Waals surface area contributed by atoms with Gasteiger partial charge in [-0.2, -0.15) is 0 Å². The predicted molar refractivity (Wildman–Crippen MR) is 78.5 cm³/mol. The molecule has 0 radical (unpaired) electrons. The van der Waals surface area contributed by atoms with Crippen molar-refractivity contribution in [3.8, 4) is 0 Å². The van der Waals surface area contributed by atoms with E-state index in [4.69, 9.17) is 0 Å². The van der Waals surface area contributed by atoms with E-state index in [1.165, 1.54) is 55.6 Å². The molecule has 0 amide bonds. The van der Waals surface area contributed by atoms with Gasteiger partial charge in [0, 0.05) is 44.0 Å². The fraction of sp³-hybridized carbons (Fsp3) is 0.625. The van der Waals surface area contributed by atoms with Crippen LogP contribution in [0.3, 0.4) is 0 Å². The number of nitrogens with zero attached hydrogens (tertiary/aromatic N) is 1. The van der Waals surface area contributed by atoms with E-state index in [1.807, 2.05) is 0 Å². The molecular formula is C16H23N3. The Labute approximate surface area is 115 Å². The average molecular weight is 257 g/mol. The lowest BCUT2D eigenvalue weighted by Crippen LogP contribution is -2.32. The van der Waals surface area contributed by atoms with Crippen LogP contribution in [0.2, 0.25) is 0 Å². The van der Waals surface area contributed by atoms with Crippen molar-refractivity contribution >= 4 is 5.69 Å². The van der Waals surface area contributed by atoms with Gasteiger partial charge in [0.1, 0.15) is 0 Å². The van der Waals surface area contributed by atoms with Crippen LogP contribution in [0.5, 0.6) is 0 Å². The zero-order chi connectivity index (χ0) is 12.7. The fourth-order valence-corrected chi connectivity index (χ4v) is 3.44. The first kappa shape index (κ1) is 11.7. The third kappa shape index (κ3) is 2.49. The highest BCUT2D eigenvalue weighted by molar-refractivity contribution is 5.56. The van der Waals surface area contributed by atoms with Crippen LogP contribution in [0.25, 0.3) is 0 Å². The minimum atomic E-state index is 0.696. The zero-order valence-electron chi connectivity index (χ0n) is 11.5. The molecule has 1 aliphatic carbocycles. The lowest BCUT2D eigenvalue weighted by Gasteiger charge is -2.16. The highest BCUT2D eigenvalue weighted by atomic mass is 15.2. The number of benzene rings is 1. The standard InChI is InChI=1S/C16H23N3/c1-2-13-5-7-17-16(13)9-12(1)10-18-14-6-8-19(11-14)15-3-4-15/h1-2,9,14-15,17-18H,3-8,10-11H2. The molecule has 102 valence electrons. The molecule has 3 heteroatoms. The smallest absolute Gasteiger partial charge is 0.0376 e. The third-order valence-electron chi connectivity index (χ3n) is 4.76. The molecule has 19 heavy (non-hydrogen) atoms. The Morgan fingerprint density at radius 1 is 1.26 bits per heavy atom. The monoisotopic (exact) mass is 257 g/mol. The number of hydrogen-bond donors (Lipinski definition) is 2. The lowest BCUT2D eigenvalue weighted by atomic mass is 10.1. The van der Waals surface area contributed by atoms with Crippen LogP contribution in [0.15, 0.2) is 18.2 Å². The van der Waals surface area contributed by atoms with Crippen LogP contribution < -0.4 is 10.6 Å². The molecule has 2 fully saturated rings. The summed E-state index contributed by atoms with van der Waals surface area (Å²) < 4.78 is 0. The zero-order valence-corrected chi connectivity index (χ0v) is 11.5. The van der Waals surface area contributed by atoms with Crippen molar-refractivity contribution in [2.75, 3.05) is 25.0 Å². The van der Waals surface area contributed by atoms with E-state index in [0.29, 0.717) is 6.04 Å². The minimum Gasteiger partial charge on any atom is -0.384 e. The van der Waals surface area contributed by atoms with Gasteiger partial charge in [-0.05, 0) is 42.9 Å². The number of likely N-dealkylation sites (tertiary alicyclic amines) is 1. The number of hydrogen-bond acceptors (Lipinski definition) is 3. The van der Waals surface area contributed by atoms with E-state index in [0.717, 1.165) is 19.1 Å². The van der Waals surface area contributed by atoms with Gasteiger partial charge < -0.3 is 10.6 Å². The van der Waals surface area contributed by atoms with Gasteiger partial charge in [-0.1, -0.05) is 12.1 Å². The second-order valence-electron chi connectivity index (χ2n) is 6.26. The Morgan fingerprint density at radius 2 is 2.21 bits per heavy atom. The summed E-state index contributed by atoms with van der Waals surface area (Å²) in [5.41, 5.74) is 4.24. The molecule has 1 unspecified atom stereocenters. The SMILES string of the molecule is c1cc2c(cc1CNC1CCN(C3CC3)C1)NCC2. The summed E-state index contributed by atoms with van der Waals surface area (Å²) in [4.78, 5) is 2.67. The van der Waals surface area contributed by atoms with E-state index >= 15 is 0 Å². The molecule has 4 rings (SSSR count). The van der Waals surface area contributed by atoms with Crippen LogP contribution >= 0.6 is 0 Å². The molecular weight excluding hydrogens is 234 g/mol. The van der Waals surface area contributed by atoms with Crippen LogP contribution in [-0.4, -0.2) is 36.6 Å². The number of nitrogens with one attached hydrogen (secondary N) is 2. The average Bonchev–Trinajstić information content (AvgIpc) is 3.01. The van der Waals surface area contributed by atoms with Crippen molar-refractivity contribution in [1.82, 2.24) is 10.2 Å². The van der Waals surface area contributed by atoms with E-state index in [1.54, 1.807) is 0 Å². The number of rotatable bonds is 4. The van der Waals surface area contributed by atoms with E-state index in [-0.39, 0.29) is 0 Å². The molecule has 0 spiro atoms. The van der Waals surface area contributed by atoms with Gasteiger partial charge in [-0.3, -0.25) is 4.90 Å². The van der Waals surface area contributed by atoms with Crippen molar-refractivity contribution in [2.45, 2.75) is 44.3 Å². The van der Waals surface area contributed by atoms with Gasteiger partial charge in [0.15, 0.2) is 0 Å². The lowest BCUT2D eigenvalue weighted by molar-refractivity contribution is 0.317. The van der Waals surface area contributed by atoms with Crippen molar-refractivity contribution in [1.29, 1.82) is 0 Å². The summed E-state index contributed by atoms with van der Waals surface area (Å²) in [6, 6.07) is 8.52. The maximum atomic E-state index is 3.73. The highest BCUT2D eigenvalue weighted by Gasteiger charge is 2.34. The summed E-state index contributed by atoms with van der Waals surface area (Å²) in [6.07, 6.45) is 5.37. The largest absolute Gasteiger partial charge is 0.384 e. The van der Waals surface area contributed by atoms with E-state index in [9.17, 15) is 0 Å². The van der Waals surface area contributed by atoms with Crippen molar-refractivity contribution in [3.63, 3.8) is 0 Å². The van der Waals surface area contributed by atoms with Crippen LogP contribution in [-0.2, 0) is 13.0 Å². The molecule has 1 saturated heterocycles. The van der Waals surface area contributed by atoms with Crippen molar-refractivity contribution in [3.05, 3.63) is 29.3 Å². The van der Waals surface area contributed by atoms with E-state index < -0.39 is 0 Å². The fourth-order valence-electron chi connectivity index (χ4n) is 3.44. The molecule has 0 bridgehead atoms. The van der Waals surface area contributed by atoms with Crippen molar-refractivity contribution < 1.29 is 0 Å². The molecule has 2 N–H and O–H groups in total. The quantitative estimate of drug-likeness (QED) is 0.863. The Balaban J connectivity index is 1.32. The Hall–Kier alpha value is -1.06. The maximum absolute atomic E-state index is 3.73. The Bertz CT molecular complexity index is 467. The summed E-state index contributed by atoms with van der Waals surface area (Å²) in [5, 5.41) is 7.19. The summed E-state index contributed by atoms with van der Waals surface area (Å²) >= 11 is 0. The molecule has 3 aliphatic rings.